The number of methoxy groups -OCH3 is 1. The average Bonchev–Trinajstić information content (AvgIpc) is 2.66. The van der Waals surface area contributed by atoms with Gasteiger partial charge >= 0.3 is 0 Å². The zero-order chi connectivity index (χ0) is 13.9. The molecule has 102 valence electrons. The van der Waals surface area contributed by atoms with E-state index in [1.165, 1.54) is 0 Å². The molecule has 1 heterocycles. The van der Waals surface area contributed by atoms with Crippen molar-refractivity contribution in [3.05, 3.63) is 54.1 Å². The van der Waals surface area contributed by atoms with Crippen molar-refractivity contribution in [3.63, 3.8) is 0 Å². The fourth-order valence-electron chi connectivity index (χ4n) is 2.41. The zero-order valence-corrected chi connectivity index (χ0v) is 11.3. The molecule has 0 saturated heterocycles. The Bertz CT molecular complexity index is 623. The molecule has 1 N–H and O–H groups in total. The van der Waals surface area contributed by atoms with Crippen LogP contribution in [-0.2, 0) is 11.3 Å². The molecule has 0 saturated carbocycles. The summed E-state index contributed by atoms with van der Waals surface area (Å²) in [6, 6.07) is 15.5. The van der Waals surface area contributed by atoms with E-state index in [1.807, 2.05) is 48.5 Å². The monoisotopic (exact) mass is 268 g/mol. The van der Waals surface area contributed by atoms with E-state index in [2.05, 4.69) is 5.32 Å². The minimum absolute atomic E-state index is 0.0418. The van der Waals surface area contributed by atoms with Gasteiger partial charge in [-0.15, -0.1) is 0 Å². The number of fused-ring (bicyclic) bond motifs is 1. The number of benzene rings is 2. The smallest absolute Gasteiger partial charge is 0.245 e. The van der Waals surface area contributed by atoms with Gasteiger partial charge in [0.25, 0.3) is 0 Å². The maximum Gasteiger partial charge on any atom is 0.245 e. The maximum atomic E-state index is 12.4. The highest BCUT2D eigenvalue weighted by atomic mass is 16.5. The van der Waals surface area contributed by atoms with Crippen LogP contribution in [0, 0.1) is 0 Å². The number of carbonyl (C=O) groups is 1. The second-order valence-electron chi connectivity index (χ2n) is 4.66. The van der Waals surface area contributed by atoms with Crippen molar-refractivity contribution in [3.8, 4) is 5.75 Å². The first-order chi connectivity index (χ1) is 9.79. The third kappa shape index (κ3) is 2.26. The molecule has 0 atom stereocenters. The van der Waals surface area contributed by atoms with Crippen molar-refractivity contribution in [2.24, 2.45) is 0 Å². The number of hydrogen-bond acceptors (Lipinski definition) is 3. The molecule has 1 aliphatic rings. The number of para-hydroxylation sites is 1. The van der Waals surface area contributed by atoms with Crippen molar-refractivity contribution < 1.29 is 9.53 Å². The van der Waals surface area contributed by atoms with Crippen molar-refractivity contribution >= 4 is 17.3 Å². The van der Waals surface area contributed by atoms with E-state index in [4.69, 9.17) is 4.74 Å². The van der Waals surface area contributed by atoms with Crippen LogP contribution >= 0.6 is 0 Å². The average molecular weight is 268 g/mol. The number of ether oxygens (including phenoxy) is 1. The first kappa shape index (κ1) is 12.7. The third-order valence-electron chi connectivity index (χ3n) is 3.40. The molecule has 0 fully saturated rings. The molecule has 1 aliphatic heterocycles. The van der Waals surface area contributed by atoms with E-state index in [0.717, 1.165) is 22.7 Å². The van der Waals surface area contributed by atoms with Crippen LogP contribution in [0.25, 0.3) is 0 Å². The van der Waals surface area contributed by atoms with E-state index in [0.29, 0.717) is 13.1 Å². The second-order valence-corrected chi connectivity index (χ2v) is 4.66. The molecule has 4 heteroatoms. The van der Waals surface area contributed by atoms with Gasteiger partial charge in [0.05, 0.1) is 19.3 Å². The second kappa shape index (κ2) is 5.35. The first-order valence-electron chi connectivity index (χ1n) is 6.55. The van der Waals surface area contributed by atoms with Gasteiger partial charge in [0.2, 0.25) is 5.91 Å². The highest BCUT2D eigenvalue weighted by Gasteiger charge is 2.22. The number of anilines is 2. The Balaban J connectivity index is 2.07. The van der Waals surface area contributed by atoms with E-state index >= 15 is 0 Å². The Morgan fingerprint density at radius 2 is 1.80 bits per heavy atom. The largest absolute Gasteiger partial charge is 0.497 e. The summed E-state index contributed by atoms with van der Waals surface area (Å²) in [6.07, 6.45) is 0. The SMILES string of the molecule is COc1ccc(N2C(=O)CNCc3ccccc32)cc1. The van der Waals surface area contributed by atoms with Crippen molar-refractivity contribution in [2.45, 2.75) is 6.54 Å². The van der Waals surface area contributed by atoms with Crippen LogP contribution < -0.4 is 15.0 Å². The first-order valence-corrected chi connectivity index (χ1v) is 6.55. The summed E-state index contributed by atoms with van der Waals surface area (Å²) in [5.41, 5.74) is 2.91. The van der Waals surface area contributed by atoms with Gasteiger partial charge < -0.3 is 10.1 Å². The van der Waals surface area contributed by atoms with Crippen LogP contribution in [0.4, 0.5) is 11.4 Å². The van der Waals surface area contributed by atoms with Crippen LogP contribution in [0.1, 0.15) is 5.56 Å². The van der Waals surface area contributed by atoms with Crippen LogP contribution in [0.5, 0.6) is 5.75 Å². The number of hydrogen-bond donors (Lipinski definition) is 1. The van der Waals surface area contributed by atoms with Gasteiger partial charge in [-0.25, -0.2) is 0 Å². The van der Waals surface area contributed by atoms with Crippen LogP contribution in [0.2, 0.25) is 0 Å². The van der Waals surface area contributed by atoms with Crippen molar-refractivity contribution in [1.29, 1.82) is 0 Å². The molecule has 1 amide bonds. The normalized spacial score (nSPS) is 14.7. The molecule has 2 aromatic carbocycles. The van der Waals surface area contributed by atoms with Gasteiger partial charge in [-0.1, -0.05) is 18.2 Å². The van der Waals surface area contributed by atoms with E-state index in [9.17, 15) is 4.79 Å². The molecular weight excluding hydrogens is 252 g/mol. The quantitative estimate of drug-likeness (QED) is 0.909. The van der Waals surface area contributed by atoms with E-state index in [-0.39, 0.29) is 5.91 Å². The topological polar surface area (TPSA) is 41.6 Å². The maximum absolute atomic E-state index is 12.4. The highest BCUT2D eigenvalue weighted by Crippen LogP contribution is 2.31. The lowest BCUT2D eigenvalue weighted by molar-refractivity contribution is -0.117. The Hall–Kier alpha value is -2.33. The molecule has 3 rings (SSSR count). The van der Waals surface area contributed by atoms with Gasteiger partial charge in [-0.05, 0) is 35.9 Å². The molecule has 0 bridgehead atoms. The molecule has 0 aliphatic carbocycles. The number of amides is 1. The summed E-state index contributed by atoms with van der Waals surface area (Å²) in [6.45, 7) is 1.04. The predicted molar refractivity (Wildman–Crippen MR) is 78.3 cm³/mol. The standard InChI is InChI=1S/C16H16N2O2/c1-20-14-8-6-13(7-9-14)18-15-5-3-2-4-12(15)10-17-11-16(18)19/h2-9,17H,10-11H2,1H3. The predicted octanol–water partition coefficient (Wildman–Crippen LogP) is 2.46. The lowest BCUT2D eigenvalue weighted by Gasteiger charge is -2.23. The minimum atomic E-state index is 0.0418. The van der Waals surface area contributed by atoms with Gasteiger partial charge in [0.15, 0.2) is 0 Å². The van der Waals surface area contributed by atoms with Crippen LogP contribution in [0.3, 0.4) is 0 Å². The third-order valence-corrected chi connectivity index (χ3v) is 3.40. The summed E-state index contributed by atoms with van der Waals surface area (Å²) in [5, 5.41) is 3.16. The lowest BCUT2D eigenvalue weighted by atomic mass is 10.1. The van der Waals surface area contributed by atoms with E-state index < -0.39 is 0 Å². The molecule has 4 nitrogen and oxygen atoms in total. The molecule has 0 unspecified atom stereocenters. The summed E-state index contributed by atoms with van der Waals surface area (Å²) >= 11 is 0. The van der Waals surface area contributed by atoms with Gasteiger partial charge in [0, 0.05) is 12.2 Å². The minimum Gasteiger partial charge on any atom is -0.497 e. The Morgan fingerprint density at radius 3 is 2.55 bits per heavy atom. The zero-order valence-electron chi connectivity index (χ0n) is 11.3. The van der Waals surface area contributed by atoms with E-state index in [1.54, 1.807) is 12.0 Å². The van der Waals surface area contributed by atoms with Crippen LogP contribution in [-0.4, -0.2) is 19.6 Å². The Kier molecular flexibility index (Phi) is 3.39. The fourth-order valence-corrected chi connectivity index (χ4v) is 2.41. The number of rotatable bonds is 2. The molecule has 0 spiro atoms. The van der Waals surface area contributed by atoms with Crippen molar-refractivity contribution in [2.75, 3.05) is 18.6 Å². The van der Waals surface area contributed by atoms with Gasteiger partial charge in [-0.3, -0.25) is 9.69 Å². The molecule has 2 aromatic rings. The fraction of sp³-hybridized carbons (Fsp3) is 0.188. The summed E-state index contributed by atoms with van der Waals surface area (Å²) < 4.78 is 5.16. The van der Waals surface area contributed by atoms with Crippen molar-refractivity contribution in [1.82, 2.24) is 5.32 Å². The molecular formula is C16H16N2O2. The molecule has 0 radical (unpaired) electrons. The summed E-state index contributed by atoms with van der Waals surface area (Å²) in [7, 11) is 1.63. The van der Waals surface area contributed by atoms with Gasteiger partial charge in [0.1, 0.15) is 5.75 Å². The lowest BCUT2D eigenvalue weighted by Crippen LogP contribution is -2.31. The number of nitrogens with one attached hydrogen (secondary N) is 1. The Morgan fingerprint density at radius 1 is 1.05 bits per heavy atom. The Labute approximate surface area is 118 Å². The summed E-state index contributed by atoms with van der Waals surface area (Å²) in [4.78, 5) is 14.1. The molecule has 20 heavy (non-hydrogen) atoms. The van der Waals surface area contributed by atoms with Crippen LogP contribution in [0.15, 0.2) is 48.5 Å². The molecule has 0 aromatic heterocycles. The number of carbonyl (C=O) groups excluding carboxylic acids is 1. The highest BCUT2D eigenvalue weighted by molar-refractivity contribution is 6.02. The van der Waals surface area contributed by atoms with Gasteiger partial charge in [-0.2, -0.15) is 0 Å². The summed E-state index contributed by atoms with van der Waals surface area (Å²) in [5.74, 6) is 0.822. The number of nitrogens with zero attached hydrogens (tertiary/aromatic N) is 1.